The molecule has 2 rings (SSSR count). The number of nitrogens with two attached hydrogens (primary N) is 1. The first-order valence-electron chi connectivity index (χ1n) is 5.90. The zero-order chi connectivity index (χ0) is 13.7. The molecule has 2 aromatic rings. The lowest BCUT2D eigenvalue weighted by molar-refractivity contribution is 0.420. The minimum Gasteiger partial charge on any atom is -0.492 e. The maximum absolute atomic E-state index is 8.95. The fraction of sp³-hybridized carbons (Fsp3) is 0.214. The molecule has 19 heavy (non-hydrogen) atoms. The number of ether oxygens (including phenoxy) is 1. The highest BCUT2D eigenvalue weighted by Gasteiger charge is 2.15. The maximum Gasteiger partial charge on any atom is 0.177 e. The number of nitriles is 1. The standard InChI is InChI=1S/C14H15N3OS/c1-18-13-12(16)11(9-15)19-14(13)17-8-7-10-5-3-2-4-6-10/h2-6,17H,7-8,16H2,1H3. The van der Waals surface area contributed by atoms with E-state index >= 15 is 0 Å². The molecule has 0 aliphatic rings. The van der Waals surface area contributed by atoms with Crippen LogP contribution in [0.3, 0.4) is 0 Å². The van der Waals surface area contributed by atoms with E-state index in [2.05, 4.69) is 23.5 Å². The molecule has 0 amide bonds. The zero-order valence-electron chi connectivity index (χ0n) is 10.6. The Bertz CT molecular complexity index is 587. The summed E-state index contributed by atoms with van der Waals surface area (Å²) in [5.74, 6) is 0.564. The predicted molar refractivity (Wildman–Crippen MR) is 78.6 cm³/mol. The first-order chi connectivity index (χ1) is 9.26. The second kappa shape index (κ2) is 6.12. The summed E-state index contributed by atoms with van der Waals surface area (Å²) in [6.07, 6.45) is 0.906. The van der Waals surface area contributed by atoms with Crippen molar-refractivity contribution in [2.24, 2.45) is 0 Å². The number of nitrogen functional groups attached to an aromatic ring is 1. The average Bonchev–Trinajstić information content (AvgIpc) is 2.75. The van der Waals surface area contributed by atoms with Gasteiger partial charge in [-0.1, -0.05) is 30.3 Å². The summed E-state index contributed by atoms with van der Waals surface area (Å²) in [4.78, 5) is 0.485. The van der Waals surface area contributed by atoms with Gasteiger partial charge in [0.15, 0.2) is 5.75 Å². The third-order valence-corrected chi connectivity index (χ3v) is 3.80. The normalized spacial score (nSPS) is 9.89. The number of hydrogen-bond donors (Lipinski definition) is 2. The SMILES string of the molecule is COc1c(NCCc2ccccc2)sc(C#N)c1N. The monoisotopic (exact) mass is 273 g/mol. The molecule has 0 atom stereocenters. The Balaban J connectivity index is 2.02. The van der Waals surface area contributed by atoms with Crippen LogP contribution < -0.4 is 15.8 Å². The lowest BCUT2D eigenvalue weighted by Crippen LogP contribution is -2.04. The number of rotatable bonds is 5. The summed E-state index contributed by atoms with van der Waals surface area (Å²) in [7, 11) is 1.56. The molecule has 5 heteroatoms. The molecule has 0 radical (unpaired) electrons. The largest absolute Gasteiger partial charge is 0.492 e. The van der Waals surface area contributed by atoms with Crippen molar-refractivity contribution < 1.29 is 4.74 Å². The van der Waals surface area contributed by atoms with Gasteiger partial charge in [0, 0.05) is 6.54 Å². The van der Waals surface area contributed by atoms with Crippen molar-refractivity contribution >= 4 is 22.0 Å². The smallest absolute Gasteiger partial charge is 0.177 e. The van der Waals surface area contributed by atoms with Crippen LogP contribution >= 0.6 is 11.3 Å². The van der Waals surface area contributed by atoms with Crippen molar-refractivity contribution in [1.82, 2.24) is 0 Å². The quantitative estimate of drug-likeness (QED) is 0.878. The molecule has 0 aliphatic carbocycles. The van der Waals surface area contributed by atoms with E-state index in [-0.39, 0.29) is 0 Å². The molecule has 0 fully saturated rings. The third kappa shape index (κ3) is 2.98. The Kier molecular flexibility index (Phi) is 4.26. The van der Waals surface area contributed by atoms with Crippen LogP contribution in [0.2, 0.25) is 0 Å². The van der Waals surface area contributed by atoms with Gasteiger partial charge in [-0.2, -0.15) is 5.26 Å². The van der Waals surface area contributed by atoms with Gasteiger partial charge in [0.1, 0.15) is 21.6 Å². The molecule has 0 spiro atoms. The van der Waals surface area contributed by atoms with Crippen LogP contribution in [0, 0.1) is 11.3 Å². The van der Waals surface area contributed by atoms with Crippen LogP contribution in [0.5, 0.6) is 5.75 Å². The summed E-state index contributed by atoms with van der Waals surface area (Å²) in [5.41, 5.74) is 7.51. The molecule has 3 N–H and O–H groups in total. The Labute approximate surface area is 116 Å². The van der Waals surface area contributed by atoms with Crippen LogP contribution in [0.25, 0.3) is 0 Å². The van der Waals surface area contributed by atoms with Crippen LogP contribution in [-0.4, -0.2) is 13.7 Å². The van der Waals surface area contributed by atoms with Gasteiger partial charge in [-0.15, -0.1) is 11.3 Å². The maximum atomic E-state index is 8.95. The summed E-state index contributed by atoms with van der Waals surface area (Å²) < 4.78 is 5.23. The van der Waals surface area contributed by atoms with Gasteiger partial charge in [-0.3, -0.25) is 0 Å². The van der Waals surface area contributed by atoms with Gasteiger partial charge in [0.05, 0.1) is 7.11 Å². The molecular weight excluding hydrogens is 258 g/mol. The Morgan fingerprint density at radius 1 is 1.37 bits per heavy atom. The first-order valence-corrected chi connectivity index (χ1v) is 6.72. The number of benzene rings is 1. The molecule has 0 aliphatic heterocycles. The van der Waals surface area contributed by atoms with Gasteiger partial charge in [-0.25, -0.2) is 0 Å². The van der Waals surface area contributed by atoms with E-state index < -0.39 is 0 Å². The van der Waals surface area contributed by atoms with E-state index in [1.165, 1.54) is 16.9 Å². The van der Waals surface area contributed by atoms with Crippen LogP contribution in [0.4, 0.5) is 10.7 Å². The molecule has 1 aromatic carbocycles. The zero-order valence-corrected chi connectivity index (χ0v) is 11.5. The van der Waals surface area contributed by atoms with E-state index in [9.17, 15) is 0 Å². The topological polar surface area (TPSA) is 71.1 Å². The van der Waals surface area contributed by atoms with E-state index in [1.54, 1.807) is 7.11 Å². The highest BCUT2D eigenvalue weighted by molar-refractivity contribution is 7.17. The molecule has 98 valence electrons. The fourth-order valence-electron chi connectivity index (χ4n) is 1.80. The minimum absolute atomic E-state index is 0.414. The average molecular weight is 273 g/mol. The van der Waals surface area contributed by atoms with E-state index in [0.29, 0.717) is 16.3 Å². The number of anilines is 2. The number of thiophene rings is 1. The third-order valence-electron chi connectivity index (χ3n) is 2.75. The summed E-state index contributed by atoms with van der Waals surface area (Å²) in [6.45, 7) is 0.769. The molecule has 0 bridgehead atoms. The highest BCUT2D eigenvalue weighted by atomic mass is 32.1. The Morgan fingerprint density at radius 3 is 2.74 bits per heavy atom. The second-order valence-electron chi connectivity index (χ2n) is 3.98. The Morgan fingerprint density at radius 2 is 2.11 bits per heavy atom. The van der Waals surface area contributed by atoms with Gasteiger partial charge >= 0.3 is 0 Å². The predicted octanol–water partition coefficient (Wildman–Crippen LogP) is 2.87. The molecular formula is C14H15N3OS. The minimum atomic E-state index is 0.414. The highest BCUT2D eigenvalue weighted by Crippen LogP contribution is 2.41. The molecule has 1 heterocycles. The number of nitrogens with zero attached hydrogens (tertiary/aromatic N) is 1. The van der Waals surface area contributed by atoms with Crippen LogP contribution in [-0.2, 0) is 6.42 Å². The lowest BCUT2D eigenvalue weighted by Gasteiger charge is -2.06. The molecule has 1 aromatic heterocycles. The van der Waals surface area contributed by atoms with Gasteiger partial charge in [0.2, 0.25) is 0 Å². The summed E-state index contributed by atoms with van der Waals surface area (Å²) >= 11 is 1.32. The lowest BCUT2D eigenvalue weighted by atomic mass is 10.1. The van der Waals surface area contributed by atoms with Crippen molar-refractivity contribution in [2.75, 3.05) is 24.7 Å². The molecule has 0 saturated heterocycles. The number of methoxy groups -OCH3 is 1. The fourth-order valence-corrected chi connectivity index (χ4v) is 2.71. The van der Waals surface area contributed by atoms with Crippen molar-refractivity contribution in [1.29, 1.82) is 5.26 Å². The summed E-state index contributed by atoms with van der Waals surface area (Å²) in [6, 6.07) is 12.3. The van der Waals surface area contributed by atoms with Crippen molar-refractivity contribution in [3.63, 3.8) is 0 Å². The van der Waals surface area contributed by atoms with Gasteiger partial charge < -0.3 is 15.8 Å². The van der Waals surface area contributed by atoms with Crippen LogP contribution in [0.1, 0.15) is 10.4 Å². The van der Waals surface area contributed by atoms with Gasteiger partial charge in [0.25, 0.3) is 0 Å². The van der Waals surface area contributed by atoms with E-state index in [1.807, 2.05) is 18.2 Å². The van der Waals surface area contributed by atoms with Crippen molar-refractivity contribution in [3.05, 3.63) is 40.8 Å². The van der Waals surface area contributed by atoms with Crippen LogP contribution in [0.15, 0.2) is 30.3 Å². The Hall–Kier alpha value is -2.19. The van der Waals surface area contributed by atoms with Crippen molar-refractivity contribution in [3.8, 4) is 11.8 Å². The number of nitrogens with one attached hydrogen (secondary N) is 1. The van der Waals surface area contributed by atoms with Crippen molar-refractivity contribution in [2.45, 2.75) is 6.42 Å². The molecule has 0 saturated carbocycles. The molecule has 4 nitrogen and oxygen atoms in total. The van der Waals surface area contributed by atoms with E-state index in [0.717, 1.165) is 18.0 Å². The second-order valence-corrected chi connectivity index (χ2v) is 5.00. The number of hydrogen-bond acceptors (Lipinski definition) is 5. The summed E-state index contributed by atoms with van der Waals surface area (Å²) in [5, 5.41) is 13.0. The van der Waals surface area contributed by atoms with E-state index in [4.69, 9.17) is 15.7 Å². The first kappa shape index (κ1) is 13.2. The molecule has 0 unspecified atom stereocenters. The van der Waals surface area contributed by atoms with Gasteiger partial charge in [-0.05, 0) is 12.0 Å².